The number of nitrogens with one attached hydrogen (secondary N) is 1. The maximum Gasteiger partial charge on any atom is 0.107 e. The van der Waals surface area contributed by atoms with Gasteiger partial charge in [-0.3, -0.25) is 0 Å². The summed E-state index contributed by atoms with van der Waals surface area (Å²) in [5.74, 6) is 0. The minimum atomic E-state index is -0.399. The Morgan fingerprint density at radius 2 is 2.50 bits per heavy atom. The lowest BCUT2D eigenvalue weighted by atomic mass is 10.7. The second-order valence-electron chi connectivity index (χ2n) is 0.760. The summed E-state index contributed by atoms with van der Waals surface area (Å²) < 4.78 is 11.0. The molecule has 0 atom stereocenters. The lowest BCUT2D eigenvalue weighted by Crippen LogP contribution is -2.07. The van der Waals surface area contributed by atoms with Gasteiger partial charge in [-0.2, -0.15) is 0 Å². The van der Waals surface area contributed by atoms with Gasteiger partial charge in [0.2, 0.25) is 0 Å². The molecule has 6 heavy (non-hydrogen) atoms. The first-order valence-electron chi connectivity index (χ1n) is 1.66. The maximum absolute atomic E-state index is 11.0. The maximum atomic E-state index is 11.0. The molecule has 0 unspecified atom stereocenters. The number of halogens is 1. The van der Waals surface area contributed by atoms with E-state index in [2.05, 4.69) is 17.8 Å². The summed E-state index contributed by atoms with van der Waals surface area (Å²) in [7, 11) is 0. The Kier molecular flexibility index (Phi) is 3.78. The fourth-order valence-electron chi connectivity index (χ4n) is 0.119. The topological polar surface area (TPSA) is 12.0 Å². The van der Waals surface area contributed by atoms with Crippen molar-refractivity contribution in [2.45, 2.75) is 0 Å². The monoisotopic (exact) mass is 87.0 g/mol. The highest BCUT2D eigenvalue weighted by Gasteiger charge is 1.70. The summed E-state index contributed by atoms with van der Waals surface area (Å²) in [6, 6.07) is 2.08. The fraction of sp³-hybridized carbons (Fsp3) is 0.500. The molecule has 0 aromatic heterocycles. The minimum Gasteiger partial charge on any atom is -0.343 e. The molecule has 1 N–H and O–H groups in total. The zero-order valence-corrected chi connectivity index (χ0v) is 3.37. The van der Waals surface area contributed by atoms with Gasteiger partial charge in [0.1, 0.15) is 6.67 Å². The number of hydrogen-bond acceptors (Lipinski definition) is 1. The van der Waals surface area contributed by atoms with Crippen LogP contribution in [-0.4, -0.2) is 13.2 Å². The van der Waals surface area contributed by atoms with E-state index in [-0.39, 0.29) is 6.54 Å². The highest BCUT2D eigenvalue weighted by molar-refractivity contribution is 4.78. The summed E-state index contributed by atoms with van der Waals surface area (Å²) >= 11 is 0. The van der Waals surface area contributed by atoms with Crippen LogP contribution in [0.5, 0.6) is 0 Å². The van der Waals surface area contributed by atoms with E-state index in [0.29, 0.717) is 0 Å². The summed E-state index contributed by atoms with van der Waals surface area (Å²) in [6.45, 7) is -0.138. The molecule has 0 spiro atoms. The molecule has 2 heteroatoms. The normalized spacial score (nSPS) is 6.67. The van der Waals surface area contributed by atoms with Crippen molar-refractivity contribution in [3.05, 3.63) is 0 Å². The van der Waals surface area contributed by atoms with Crippen molar-refractivity contribution in [2.75, 3.05) is 13.2 Å². The van der Waals surface area contributed by atoms with Gasteiger partial charge in [0.15, 0.2) is 0 Å². The second kappa shape index (κ2) is 4.29. The molecule has 0 heterocycles. The Bertz CT molecular complexity index is 55.1. The standard InChI is InChI=1S/C4H6FN/c1-2-6-4-3-5/h1,6H,3-4H2. The van der Waals surface area contributed by atoms with E-state index < -0.39 is 6.67 Å². The van der Waals surface area contributed by atoms with Crippen LogP contribution in [0.15, 0.2) is 0 Å². The van der Waals surface area contributed by atoms with Gasteiger partial charge in [-0.05, 0) is 0 Å². The van der Waals surface area contributed by atoms with Gasteiger partial charge in [-0.15, -0.1) is 0 Å². The number of alkyl halides is 1. The van der Waals surface area contributed by atoms with Crippen molar-refractivity contribution >= 4 is 0 Å². The lowest BCUT2D eigenvalue weighted by Gasteiger charge is -1.84. The van der Waals surface area contributed by atoms with Crippen LogP contribution in [-0.2, 0) is 0 Å². The molecule has 0 aromatic carbocycles. The Hall–Kier alpha value is -0.710. The van der Waals surface area contributed by atoms with Crippen molar-refractivity contribution in [2.24, 2.45) is 0 Å². The van der Waals surface area contributed by atoms with Crippen LogP contribution in [0, 0.1) is 12.5 Å². The third-order valence-corrected chi connectivity index (χ3v) is 0.322. The average Bonchev–Trinajstić information content (AvgIpc) is 1.61. The van der Waals surface area contributed by atoms with Crippen LogP contribution >= 0.6 is 0 Å². The third kappa shape index (κ3) is 3.29. The molecular formula is C4H6FN. The molecule has 0 rings (SSSR count). The SMILES string of the molecule is C#CNCCF. The van der Waals surface area contributed by atoms with Crippen LogP contribution in [0.25, 0.3) is 0 Å². The Morgan fingerprint density at radius 3 is 2.67 bits per heavy atom. The first kappa shape index (κ1) is 5.29. The molecule has 0 fully saturated rings. The minimum absolute atomic E-state index is 0.260. The Morgan fingerprint density at radius 1 is 1.83 bits per heavy atom. The molecule has 0 bridgehead atoms. The van der Waals surface area contributed by atoms with Gasteiger partial charge in [0, 0.05) is 6.04 Å². The summed E-state index contributed by atoms with van der Waals surface area (Å²) in [6.07, 6.45) is 4.69. The first-order chi connectivity index (χ1) is 2.91. The lowest BCUT2D eigenvalue weighted by molar-refractivity contribution is 0.489. The summed E-state index contributed by atoms with van der Waals surface area (Å²) in [5, 5.41) is 2.35. The number of rotatable bonds is 2. The fourth-order valence-corrected chi connectivity index (χ4v) is 0.119. The van der Waals surface area contributed by atoms with Gasteiger partial charge in [0.25, 0.3) is 0 Å². The molecule has 0 saturated carbocycles. The molecule has 0 aromatic rings. The molecule has 0 radical (unpaired) electrons. The van der Waals surface area contributed by atoms with E-state index in [4.69, 9.17) is 0 Å². The van der Waals surface area contributed by atoms with Crippen molar-refractivity contribution < 1.29 is 4.39 Å². The Labute approximate surface area is 36.5 Å². The van der Waals surface area contributed by atoms with E-state index in [1.54, 1.807) is 0 Å². The zero-order chi connectivity index (χ0) is 4.83. The van der Waals surface area contributed by atoms with E-state index in [9.17, 15) is 4.39 Å². The average molecular weight is 87.1 g/mol. The highest BCUT2D eigenvalue weighted by Crippen LogP contribution is 1.57. The third-order valence-electron chi connectivity index (χ3n) is 0.322. The summed E-state index contributed by atoms with van der Waals surface area (Å²) in [4.78, 5) is 0. The van der Waals surface area contributed by atoms with Crippen LogP contribution < -0.4 is 5.32 Å². The number of terminal acetylenes is 1. The largest absolute Gasteiger partial charge is 0.343 e. The van der Waals surface area contributed by atoms with Crippen LogP contribution in [0.2, 0.25) is 0 Å². The quantitative estimate of drug-likeness (QED) is 0.287. The van der Waals surface area contributed by atoms with Crippen LogP contribution in [0.1, 0.15) is 0 Å². The smallest absolute Gasteiger partial charge is 0.107 e. The van der Waals surface area contributed by atoms with Gasteiger partial charge in [0.05, 0.1) is 6.54 Å². The summed E-state index contributed by atoms with van der Waals surface area (Å²) in [5.41, 5.74) is 0. The van der Waals surface area contributed by atoms with Crippen LogP contribution in [0.3, 0.4) is 0 Å². The van der Waals surface area contributed by atoms with Crippen molar-refractivity contribution in [1.29, 1.82) is 0 Å². The molecule has 0 aliphatic carbocycles. The molecular weight excluding hydrogens is 81.0 g/mol. The van der Waals surface area contributed by atoms with Gasteiger partial charge < -0.3 is 5.32 Å². The van der Waals surface area contributed by atoms with Gasteiger partial charge >= 0.3 is 0 Å². The van der Waals surface area contributed by atoms with E-state index in [0.717, 1.165) is 0 Å². The van der Waals surface area contributed by atoms with Crippen molar-refractivity contribution in [1.82, 2.24) is 5.32 Å². The van der Waals surface area contributed by atoms with Crippen molar-refractivity contribution in [3.8, 4) is 12.5 Å². The zero-order valence-electron chi connectivity index (χ0n) is 3.37. The second-order valence-corrected chi connectivity index (χ2v) is 0.760. The van der Waals surface area contributed by atoms with E-state index >= 15 is 0 Å². The van der Waals surface area contributed by atoms with E-state index in [1.807, 2.05) is 0 Å². The molecule has 34 valence electrons. The molecule has 0 aliphatic heterocycles. The molecule has 0 amide bonds. The predicted octanol–water partition coefficient (Wildman–Crippen LogP) is 0.136. The van der Waals surface area contributed by atoms with E-state index in [1.165, 1.54) is 0 Å². The molecule has 0 aliphatic rings. The predicted molar refractivity (Wildman–Crippen MR) is 22.8 cm³/mol. The molecule has 1 nitrogen and oxygen atoms in total. The number of hydrogen-bond donors (Lipinski definition) is 1. The van der Waals surface area contributed by atoms with Crippen molar-refractivity contribution in [3.63, 3.8) is 0 Å². The molecule has 0 saturated heterocycles. The van der Waals surface area contributed by atoms with Gasteiger partial charge in [-0.1, -0.05) is 6.42 Å². The van der Waals surface area contributed by atoms with Crippen LogP contribution in [0.4, 0.5) is 4.39 Å². The first-order valence-corrected chi connectivity index (χ1v) is 1.66. The highest BCUT2D eigenvalue weighted by atomic mass is 19.1. The van der Waals surface area contributed by atoms with Gasteiger partial charge in [-0.25, -0.2) is 4.39 Å². The Balaban J connectivity index is 2.54.